The Labute approximate surface area is 131 Å². The van der Waals surface area contributed by atoms with Gasteiger partial charge in [-0.05, 0) is 12.5 Å². The second kappa shape index (κ2) is 19.2. The number of unbranched alkanes of at least 4 members (excludes halogenated alkanes) is 12. The first-order valence-corrected chi connectivity index (χ1v) is 10.4. The van der Waals surface area contributed by atoms with Crippen LogP contribution in [0, 0.1) is 0 Å². The molecule has 0 atom stereocenters. The highest BCUT2D eigenvalue weighted by atomic mass is 28.2. The first-order chi connectivity index (χ1) is 9.91. The lowest BCUT2D eigenvalue weighted by Gasteiger charge is -2.04. The van der Waals surface area contributed by atoms with E-state index < -0.39 is 0 Å². The van der Waals surface area contributed by atoms with Gasteiger partial charge in [-0.25, -0.2) is 0 Å². The quantitative estimate of drug-likeness (QED) is 0.219. The van der Waals surface area contributed by atoms with Gasteiger partial charge in [0.25, 0.3) is 0 Å². The monoisotopic (exact) mass is 298 g/mol. The van der Waals surface area contributed by atoms with E-state index in [-0.39, 0.29) is 0 Å². The van der Waals surface area contributed by atoms with Crippen molar-refractivity contribution in [1.29, 1.82) is 0 Å². The predicted octanol–water partition coefficient (Wildman–Crippen LogP) is 6.54. The van der Waals surface area contributed by atoms with Crippen LogP contribution in [-0.2, 0) is 4.43 Å². The average molecular weight is 299 g/mol. The van der Waals surface area contributed by atoms with Crippen LogP contribution in [0.2, 0.25) is 6.04 Å². The van der Waals surface area contributed by atoms with Crippen molar-refractivity contribution in [3.05, 3.63) is 0 Å². The molecule has 2 heteroatoms. The summed E-state index contributed by atoms with van der Waals surface area (Å²) in [6.07, 6.45) is 19.6. The maximum atomic E-state index is 5.69. The Morgan fingerprint density at radius 1 is 0.550 bits per heavy atom. The third-order valence-corrected chi connectivity index (χ3v) is 4.80. The molecule has 0 saturated carbocycles. The molecule has 120 valence electrons. The van der Waals surface area contributed by atoms with E-state index in [9.17, 15) is 0 Å². The van der Waals surface area contributed by atoms with Gasteiger partial charge in [-0.3, -0.25) is 0 Å². The first kappa shape index (κ1) is 20.2. The number of rotatable bonds is 17. The highest BCUT2D eigenvalue weighted by Gasteiger charge is 1.95. The minimum absolute atomic E-state index is 0.754. The van der Waals surface area contributed by atoms with Crippen molar-refractivity contribution in [2.75, 3.05) is 6.61 Å². The zero-order chi connectivity index (χ0) is 14.7. The van der Waals surface area contributed by atoms with Crippen LogP contribution in [0.5, 0.6) is 0 Å². The molecule has 0 spiro atoms. The Balaban J connectivity index is 2.89. The Hall–Kier alpha value is 0.177. The Kier molecular flexibility index (Phi) is 19.3. The van der Waals surface area contributed by atoms with Crippen LogP contribution >= 0.6 is 0 Å². The zero-order valence-corrected chi connectivity index (χ0v) is 15.2. The van der Waals surface area contributed by atoms with E-state index in [1.165, 1.54) is 95.9 Å². The molecule has 20 heavy (non-hydrogen) atoms. The van der Waals surface area contributed by atoms with Crippen LogP contribution in [0.4, 0.5) is 0 Å². The molecule has 1 nitrogen and oxygen atoms in total. The molecule has 0 aromatic heterocycles. The first-order valence-electron chi connectivity index (χ1n) is 9.26. The normalized spacial score (nSPS) is 11.1. The highest BCUT2D eigenvalue weighted by molar-refractivity contribution is 6.26. The second-order valence-electron chi connectivity index (χ2n) is 5.99. The highest BCUT2D eigenvalue weighted by Crippen LogP contribution is 2.11. The van der Waals surface area contributed by atoms with Gasteiger partial charge in [-0.2, -0.15) is 0 Å². The SMILES string of the molecule is CCCCCCCCCCCCCO[Si]CCCCC. The molecule has 0 unspecified atom stereocenters. The molecule has 0 rings (SSSR count). The van der Waals surface area contributed by atoms with Crippen molar-refractivity contribution in [3.63, 3.8) is 0 Å². The number of hydrogen-bond acceptors (Lipinski definition) is 1. The fraction of sp³-hybridized carbons (Fsp3) is 1.00. The summed E-state index contributed by atoms with van der Waals surface area (Å²) in [5, 5.41) is 0. The standard InChI is InChI=1S/C18H38OSi/c1-3-5-7-8-9-10-11-12-13-14-15-17-19-20-18-16-6-4-2/h3-18H2,1-2H3. The predicted molar refractivity (Wildman–Crippen MR) is 92.5 cm³/mol. The smallest absolute Gasteiger partial charge is 0.229 e. The molecule has 0 heterocycles. The molecule has 0 bridgehead atoms. The summed E-state index contributed by atoms with van der Waals surface area (Å²) < 4.78 is 5.69. The Morgan fingerprint density at radius 3 is 1.55 bits per heavy atom. The van der Waals surface area contributed by atoms with Gasteiger partial charge in [0.1, 0.15) is 0 Å². The maximum absolute atomic E-state index is 5.69. The summed E-state index contributed by atoms with van der Waals surface area (Å²) >= 11 is 0. The number of hydrogen-bond donors (Lipinski definition) is 0. The van der Waals surface area contributed by atoms with Gasteiger partial charge in [0.2, 0.25) is 9.76 Å². The second-order valence-corrected chi connectivity index (χ2v) is 7.06. The molecule has 0 saturated heterocycles. The third-order valence-electron chi connectivity index (χ3n) is 3.83. The molecule has 0 N–H and O–H groups in total. The summed E-state index contributed by atoms with van der Waals surface area (Å²) in [4.78, 5) is 0. The third kappa shape index (κ3) is 18.2. The lowest BCUT2D eigenvalue weighted by atomic mass is 10.1. The molecule has 0 aliphatic rings. The molecule has 0 aromatic carbocycles. The molecule has 0 amide bonds. The summed E-state index contributed by atoms with van der Waals surface area (Å²) in [6.45, 7) is 5.55. The van der Waals surface area contributed by atoms with Crippen molar-refractivity contribution in [1.82, 2.24) is 0 Å². The van der Waals surface area contributed by atoms with Gasteiger partial charge >= 0.3 is 0 Å². The molecule has 0 aliphatic heterocycles. The Bertz CT molecular complexity index is 143. The van der Waals surface area contributed by atoms with E-state index >= 15 is 0 Å². The van der Waals surface area contributed by atoms with Crippen LogP contribution < -0.4 is 0 Å². The van der Waals surface area contributed by atoms with E-state index in [4.69, 9.17) is 4.43 Å². The van der Waals surface area contributed by atoms with E-state index in [2.05, 4.69) is 13.8 Å². The summed E-state index contributed by atoms with van der Waals surface area (Å²) in [7, 11) is 0.754. The summed E-state index contributed by atoms with van der Waals surface area (Å²) in [6, 6.07) is 1.28. The molecular formula is C18H38OSi. The summed E-state index contributed by atoms with van der Waals surface area (Å²) in [5.41, 5.74) is 0. The van der Waals surface area contributed by atoms with Crippen LogP contribution in [-0.4, -0.2) is 16.4 Å². The van der Waals surface area contributed by atoms with Gasteiger partial charge in [0.15, 0.2) is 0 Å². The summed E-state index contributed by atoms with van der Waals surface area (Å²) in [5.74, 6) is 0. The van der Waals surface area contributed by atoms with Crippen LogP contribution in [0.1, 0.15) is 104 Å². The minimum Gasteiger partial charge on any atom is -0.417 e. The fourth-order valence-corrected chi connectivity index (χ4v) is 3.26. The van der Waals surface area contributed by atoms with E-state index in [0.29, 0.717) is 0 Å². The molecular weight excluding hydrogens is 260 g/mol. The average Bonchev–Trinajstić information content (AvgIpc) is 2.47. The minimum atomic E-state index is 0.754. The van der Waals surface area contributed by atoms with Gasteiger partial charge in [-0.1, -0.05) is 97.3 Å². The van der Waals surface area contributed by atoms with Crippen molar-refractivity contribution in [3.8, 4) is 0 Å². The van der Waals surface area contributed by atoms with Crippen molar-refractivity contribution in [2.24, 2.45) is 0 Å². The van der Waals surface area contributed by atoms with Crippen molar-refractivity contribution < 1.29 is 4.43 Å². The molecule has 2 radical (unpaired) electrons. The van der Waals surface area contributed by atoms with Crippen LogP contribution in [0.25, 0.3) is 0 Å². The lowest BCUT2D eigenvalue weighted by Crippen LogP contribution is -2.00. The topological polar surface area (TPSA) is 9.23 Å². The fourth-order valence-electron chi connectivity index (χ4n) is 2.43. The Morgan fingerprint density at radius 2 is 1.00 bits per heavy atom. The molecule has 0 aromatic rings. The van der Waals surface area contributed by atoms with E-state index in [0.717, 1.165) is 16.4 Å². The van der Waals surface area contributed by atoms with E-state index in [1.807, 2.05) is 0 Å². The molecule has 0 aliphatic carbocycles. The van der Waals surface area contributed by atoms with Crippen LogP contribution in [0.15, 0.2) is 0 Å². The van der Waals surface area contributed by atoms with Gasteiger partial charge in [-0.15, -0.1) is 0 Å². The van der Waals surface area contributed by atoms with Crippen molar-refractivity contribution in [2.45, 2.75) is 110 Å². The van der Waals surface area contributed by atoms with Crippen molar-refractivity contribution >= 4 is 9.76 Å². The van der Waals surface area contributed by atoms with E-state index in [1.54, 1.807) is 0 Å². The van der Waals surface area contributed by atoms with Gasteiger partial charge in [0, 0.05) is 6.61 Å². The molecule has 0 fully saturated rings. The van der Waals surface area contributed by atoms with Gasteiger partial charge in [0.05, 0.1) is 0 Å². The van der Waals surface area contributed by atoms with Gasteiger partial charge < -0.3 is 4.43 Å². The van der Waals surface area contributed by atoms with Crippen LogP contribution in [0.3, 0.4) is 0 Å². The lowest BCUT2D eigenvalue weighted by molar-refractivity contribution is 0.319. The zero-order valence-electron chi connectivity index (χ0n) is 14.2. The maximum Gasteiger partial charge on any atom is 0.229 e. The largest absolute Gasteiger partial charge is 0.417 e.